The fourth-order valence-corrected chi connectivity index (χ4v) is 5.38. The molecule has 2 N–H and O–H groups in total. The van der Waals surface area contributed by atoms with Crippen LogP contribution in [0.5, 0.6) is 0 Å². The Morgan fingerprint density at radius 3 is 2.87 bits per heavy atom. The number of carbonyl (C=O) groups is 1. The third kappa shape index (κ3) is 4.68. The molecule has 31 heavy (non-hydrogen) atoms. The van der Waals surface area contributed by atoms with Gasteiger partial charge in [0.25, 0.3) is 5.91 Å². The molecule has 1 aliphatic rings. The maximum Gasteiger partial charge on any atom is 0.261 e. The number of H-pyrrole nitrogens is 1. The summed E-state index contributed by atoms with van der Waals surface area (Å²) in [5.41, 5.74) is 3.43. The minimum absolute atomic E-state index is 0.0169. The molecule has 1 fully saturated rings. The van der Waals surface area contributed by atoms with E-state index in [2.05, 4.69) is 53.3 Å². The van der Waals surface area contributed by atoms with Crippen molar-refractivity contribution in [2.75, 3.05) is 19.7 Å². The Bertz CT molecular complexity index is 1060. The lowest BCUT2D eigenvalue weighted by Gasteiger charge is -2.34. The van der Waals surface area contributed by atoms with Gasteiger partial charge in [-0.3, -0.25) is 14.8 Å². The van der Waals surface area contributed by atoms with E-state index in [1.165, 1.54) is 11.3 Å². The summed E-state index contributed by atoms with van der Waals surface area (Å²) in [6.45, 7) is 13.6. The average Bonchev–Trinajstić information content (AvgIpc) is 3.32. The molecule has 7 heteroatoms. The van der Waals surface area contributed by atoms with Gasteiger partial charge in [-0.25, -0.2) is 0 Å². The summed E-state index contributed by atoms with van der Waals surface area (Å²) >= 11 is 1.55. The molecule has 0 bridgehead atoms. The number of carbonyl (C=O) groups excluding carboxylic acids is 1. The summed E-state index contributed by atoms with van der Waals surface area (Å²) in [5, 5.41) is 11.7. The summed E-state index contributed by atoms with van der Waals surface area (Å²) in [4.78, 5) is 16.2. The number of aromatic nitrogens is 2. The second-order valence-corrected chi connectivity index (χ2v) is 10.6. The fourth-order valence-electron chi connectivity index (χ4n) is 4.22. The minimum Gasteiger partial charge on any atom is -0.371 e. The van der Waals surface area contributed by atoms with Gasteiger partial charge in [0.15, 0.2) is 0 Å². The first-order valence-electron chi connectivity index (χ1n) is 10.9. The van der Waals surface area contributed by atoms with Crippen LogP contribution in [0.2, 0.25) is 0 Å². The predicted molar refractivity (Wildman–Crippen MR) is 126 cm³/mol. The van der Waals surface area contributed by atoms with E-state index in [1.807, 2.05) is 32.2 Å². The molecular formula is C24H32N4O2S. The zero-order chi connectivity index (χ0) is 22.2. The lowest BCUT2D eigenvalue weighted by molar-refractivity contribution is -0.0324. The van der Waals surface area contributed by atoms with Gasteiger partial charge in [0.1, 0.15) is 0 Å². The number of hydrogen-bond acceptors (Lipinski definition) is 5. The van der Waals surface area contributed by atoms with E-state index in [9.17, 15) is 4.79 Å². The monoisotopic (exact) mass is 440 g/mol. The molecule has 1 unspecified atom stereocenters. The average molecular weight is 441 g/mol. The number of morpholine rings is 1. The normalized spacial score (nSPS) is 18.1. The molecule has 0 aliphatic carbocycles. The third-order valence-corrected chi connectivity index (χ3v) is 6.78. The van der Waals surface area contributed by atoms with Crippen molar-refractivity contribution in [3.8, 4) is 0 Å². The second kappa shape index (κ2) is 8.73. The quantitative estimate of drug-likeness (QED) is 0.607. The maximum absolute atomic E-state index is 13.0. The third-order valence-electron chi connectivity index (χ3n) is 5.59. The van der Waals surface area contributed by atoms with Crippen LogP contribution in [0.3, 0.4) is 0 Å². The van der Waals surface area contributed by atoms with Gasteiger partial charge < -0.3 is 10.1 Å². The van der Waals surface area contributed by atoms with Crippen LogP contribution in [-0.2, 0) is 16.7 Å². The largest absolute Gasteiger partial charge is 0.371 e. The summed E-state index contributed by atoms with van der Waals surface area (Å²) < 4.78 is 7.36. The summed E-state index contributed by atoms with van der Waals surface area (Å²) in [7, 11) is 0. The van der Waals surface area contributed by atoms with Gasteiger partial charge in [0.2, 0.25) is 0 Å². The minimum atomic E-state index is -0.136. The standard InChI is InChI=1S/C24H32N4O2S/c1-15(2)26-23(29)21-20(17-8-6-7-9-19(17)31-21)18-14-28(10-11-30-18)13-16-12-25-27-22(16)24(3,4)5/h6-9,12,15,18H,10-11,13-14H2,1-5H3,(H,25,27)(H,26,29). The molecule has 3 heterocycles. The number of ether oxygens (including phenoxy) is 1. The van der Waals surface area contributed by atoms with Crippen LogP contribution in [-0.4, -0.2) is 46.7 Å². The van der Waals surface area contributed by atoms with Crippen molar-refractivity contribution in [2.24, 2.45) is 0 Å². The number of amides is 1. The zero-order valence-corrected chi connectivity index (χ0v) is 19.8. The lowest BCUT2D eigenvalue weighted by Crippen LogP contribution is -2.39. The highest BCUT2D eigenvalue weighted by Gasteiger charge is 2.31. The molecule has 166 valence electrons. The van der Waals surface area contributed by atoms with Crippen LogP contribution in [0.4, 0.5) is 0 Å². The maximum atomic E-state index is 13.0. The van der Waals surface area contributed by atoms with Gasteiger partial charge in [-0.05, 0) is 25.3 Å². The number of nitrogens with one attached hydrogen (secondary N) is 2. The van der Waals surface area contributed by atoms with Crippen LogP contribution in [0.1, 0.15) is 67.2 Å². The van der Waals surface area contributed by atoms with Gasteiger partial charge >= 0.3 is 0 Å². The highest BCUT2D eigenvalue weighted by molar-refractivity contribution is 7.21. The number of nitrogens with zero attached hydrogens (tertiary/aromatic N) is 2. The number of thiophene rings is 1. The van der Waals surface area contributed by atoms with E-state index in [4.69, 9.17) is 4.74 Å². The molecule has 1 atom stereocenters. The topological polar surface area (TPSA) is 70.2 Å². The first-order chi connectivity index (χ1) is 14.7. The Morgan fingerprint density at radius 1 is 1.35 bits per heavy atom. The number of fused-ring (bicyclic) bond motifs is 1. The van der Waals surface area contributed by atoms with Crippen molar-refractivity contribution in [1.82, 2.24) is 20.4 Å². The van der Waals surface area contributed by atoms with Crippen molar-refractivity contribution >= 4 is 27.3 Å². The SMILES string of the molecule is CC(C)NC(=O)c1sc2ccccc2c1C1CN(Cc2cn[nH]c2C(C)(C)C)CCO1. The summed E-state index contributed by atoms with van der Waals surface area (Å²) in [6.07, 6.45) is 1.80. The van der Waals surface area contributed by atoms with Crippen LogP contribution < -0.4 is 5.32 Å². The number of hydrogen-bond donors (Lipinski definition) is 2. The second-order valence-electron chi connectivity index (χ2n) is 9.58. The number of benzene rings is 1. The molecule has 1 saturated heterocycles. The molecule has 1 aliphatic heterocycles. The highest BCUT2D eigenvalue weighted by atomic mass is 32.1. The Labute approximate surface area is 188 Å². The Hall–Kier alpha value is -2.22. The van der Waals surface area contributed by atoms with Crippen molar-refractivity contribution < 1.29 is 9.53 Å². The van der Waals surface area contributed by atoms with E-state index < -0.39 is 0 Å². The van der Waals surface area contributed by atoms with Crippen molar-refractivity contribution in [3.05, 3.63) is 52.2 Å². The molecule has 2 aromatic heterocycles. The van der Waals surface area contributed by atoms with Crippen LogP contribution in [0, 0.1) is 0 Å². The molecule has 4 rings (SSSR count). The van der Waals surface area contributed by atoms with Crippen LogP contribution in [0.25, 0.3) is 10.1 Å². The summed E-state index contributed by atoms with van der Waals surface area (Å²) in [5.74, 6) is -0.0169. The van der Waals surface area contributed by atoms with Gasteiger partial charge in [0.05, 0.1) is 23.8 Å². The number of rotatable bonds is 5. The van der Waals surface area contributed by atoms with E-state index in [0.29, 0.717) is 6.61 Å². The Kier molecular flexibility index (Phi) is 6.19. The summed E-state index contributed by atoms with van der Waals surface area (Å²) in [6, 6.07) is 8.32. The predicted octanol–water partition coefficient (Wildman–Crippen LogP) is 4.63. The lowest BCUT2D eigenvalue weighted by atomic mass is 9.89. The fraction of sp³-hybridized carbons (Fsp3) is 0.500. The first-order valence-corrected chi connectivity index (χ1v) is 11.7. The van der Waals surface area contributed by atoms with Gasteiger partial charge in [-0.2, -0.15) is 5.10 Å². The smallest absolute Gasteiger partial charge is 0.261 e. The molecule has 6 nitrogen and oxygen atoms in total. The number of aromatic amines is 1. The molecular weight excluding hydrogens is 408 g/mol. The first kappa shape index (κ1) is 22.0. The Morgan fingerprint density at radius 2 is 2.13 bits per heavy atom. The van der Waals surface area contributed by atoms with Crippen LogP contribution in [0.15, 0.2) is 30.5 Å². The van der Waals surface area contributed by atoms with Gasteiger partial charge in [-0.15, -0.1) is 11.3 Å². The molecule has 1 amide bonds. The van der Waals surface area contributed by atoms with Gasteiger partial charge in [0, 0.05) is 52.6 Å². The van der Waals surface area contributed by atoms with Crippen molar-refractivity contribution in [1.29, 1.82) is 0 Å². The van der Waals surface area contributed by atoms with E-state index in [1.54, 1.807) is 11.3 Å². The van der Waals surface area contributed by atoms with Crippen molar-refractivity contribution in [3.63, 3.8) is 0 Å². The zero-order valence-electron chi connectivity index (χ0n) is 19.0. The van der Waals surface area contributed by atoms with Crippen LogP contribution >= 0.6 is 11.3 Å². The molecule has 1 aromatic carbocycles. The molecule has 3 aromatic rings. The van der Waals surface area contributed by atoms with E-state index >= 15 is 0 Å². The molecule has 0 spiro atoms. The van der Waals surface area contributed by atoms with E-state index in [0.717, 1.165) is 40.2 Å². The van der Waals surface area contributed by atoms with E-state index in [-0.39, 0.29) is 23.5 Å². The highest BCUT2D eigenvalue weighted by Crippen LogP contribution is 2.38. The molecule has 0 radical (unpaired) electrons. The van der Waals surface area contributed by atoms with Crippen molar-refractivity contribution in [2.45, 2.75) is 58.7 Å². The van der Waals surface area contributed by atoms with Gasteiger partial charge in [-0.1, -0.05) is 39.0 Å². The Balaban J connectivity index is 1.63. The molecule has 0 saturated carbocycles.